The first-order valence-electron chi connectivity index (χ1n) is 6.06. The summed E-state index contributed by atoms with van der Waals surface area (Å²) < 4.78 is 37.4. The third-order valence-electron chi connectivity index (χ3n) is 2.49. The summed E-state index contributed by atoms with van der Waals surface area (Å²) >= 11 is 0.827. The van der Waals surface area contributed by atoms with E-state index in [9.17, 15) is 22.8 Å². The van der Waals surface area contributed by atoms with Crippen LogP contribution in [0.1, 0.15) is 30.1 Å². The molecule has 0 saturated carbocycles. The number of amides is 2. The molecule has 0 radical (unpaired) electrons. The number of carbonyl (C=O) groups is 2. The minimum Gasteiger partial charge on any atom is -0.346 e. The molecule has 2 amide bonds. The average Bonchev–Trinajstić information content (AvgIpc) is 2.91. The van der Waals surface area contributed by atoms with Crippen molar-refractivity contribution in [3.8, 4) is 0 Å². The van der Waals surface area contributed by atoms with Gasteiger partial charge in [0, 0.05) is 5.38 Å². The van der Waals surface area contributed by atoms with Crippen LogP contribution in [0.2, 0.25) is 0 Å². The maximum Gasteiger partial charge on any atom is 0.434 e. The van der Waals surface area contributed by atoms with Crippen LogP contribution >= 0.6 is 23.7 Å². The van der Waals surface area contributed by atoms with Gasteiger partial charge in [-0.15, -0.1) is 23.7 Å². The van der Waals surface area contributed by atoms with Gasteiger partial charge in [0.25, 0.3) is 0 Å². The first-order valence-corrected chi connectivity index (χ1v) is 6.94. The fraction of sp³-hybridized carbons (Fsp3) is 0.545. The van der Waals surface area contributed by atoms with E-state index in [0.717, 1.165) is 16.7 Å². The molecule has 11 heteroatoms. The third-order valence-corrected chi connectivity index (χ3v) is 3.44. The summed E-state index contributed by atoms with van der Waals surface area (Å²) in [4.78, 5) is 26.0. The molecule has 126 valence electrons. The molecule has 0 aromatic carbocycles. The summed E-state index contributed by atoms with van der Waals surface area (Å²) in [5.41, 5.74) is 4.08. The van der Waals surface area contributed by atoms with Gasteiger partial charge in [-0.05, 0) is 6.42 Å². The van der Waals surface area contributed by atoms with Gasteiger partial charge in [0.15, 0.2) is 5.69 Å². The van der Waals surface area contributed by atoms with Crippen LogP contribution in [0, 0.1) is 0 Å². The van der Waals surface area contributed by atoms with E-state index in [1.807, 2.05) is 0 Å². The zero-order valence-electron chi connectivity index (χ0n) is 11.6. The molecule has 0 aliphatic heterocycles. The van der Waals surface area contributed by atoms with Gasteiger partial charge in [-0.1, -0.05) is 6.92 Å². The van der Waals surface area contributed by atoms with Crippen LogP contribution in [-0.4, -0.2) is 29.9 Å². The van der Waals surface area contributed by atoms with E-state index in [1.165, 1.54) is 0 Å². The highest BCUT2D eigenvalue weighted by Gasteiger charge is 2.34. The van der Waals surface area contributed by atoms with Gasteiger partial charge >= 0.3 is 6.18 Å². The van der Waals surface area contributed by atoms with Crippen molar-refractivity contribution in [1.29, 1.82) is 0 Å². The Hall–Kier alpha value is -1.39. The van der Waals surface area contributed by atoms with Crippen molar-refractivity contribution in [3.63, 3.8) is 0 Å². The summed E-state index contributed by atoms with van der Waals surface area (Å²) in [5, 5.41) is 5.86. The quantitative estimate of drug-likeness (QED) is 0.710. The van der Waals surface area contributed by atoms with Crippen molar-refractivity contribution >= 4 is 35.6 Å². The van der Waals surface area contributed by atoms with Crippen LogP contribution in [0.5, 0.6) is 0 Å². The zero-order chi connectivity index (χ0) is 16.0. The Balaban J connectivity index is 0.00000441. The van der Waals surface area contributed by atoms with Gasteiger partial charge in [-0.3, -0.25) is 9.59 Å². The number of carbonyl (C=O) groups excluding carboxylic acids is 2. The lowest BCUT2D eigenvalue weighted by molar-refractivity contribution is -0.140. The van der Waals surface area contributed by atoms with Gasteiger partial charge in [0.05, 0.1) is 19.1 Å². The zero-order valence-corrected chi connectivity index (χ0v) is 13.2. The Morgan fingerprint density at radius 3 is 2.50 bits per heavy atom. The smallest absolute Gasteiger partial charge is 0.346 e. The van der Waals surface area contributed by atoms with Crippen LogP contribution < -0.4 is 16.4 Å². The van der Waals surface area contributed by atoms with E-state index in [2.05, 4.69) is 15.6 Å². The highest BCUT2D eigenvalue weighted by atomic mass is 35.5. The number of rotatable bonds is 6. The van der Waals surface area contributed by atoms with Crippen molar-refractivity contribution in [2.24, 2.45) is 5.73 Å². The minimum atomic E-state index is -4.51. The maximum atomic E-state index is 12.5. The third kappa shape index (κ3) is 6.16. The number of alkyl halides is 3. The number of halogens is 4. The molecule has 0 saturated heterocycles. The van der Waals surface area contributed by atoms with Crippen LogP contribution in [0.15, 0.2) is 5.38 Å². The van der Waals surface area contributed by atoms with Gasteiger partial charge in [-0.2, -0.15) is 13.2 Å². The van der Waals surface area contributed by atoms with Gasteiger partial charge in [0.1, 0.15) is 5.01 Å². The fourth-order valence-electron chi connectivity index (χ4n) is 1.41. The number of hydrogen-bond acceptors (Lipinski definition) is 5. The Labute approximate surface area is 135 Å². The average molecular weight is 361 g/mol. The molecular weight excluding hydrogens is 345 g/mol. The van der Waals surface area contributed by atoms with Crippen molar-refractivity contribution in [2.45, 2.75) is 25.6 Å². The molecular formula is C11H16ClF3N4O2S. The molecule has 1 rings (SSSR count). The van der Waals surface area contributed by atoms with Gasteiger partial charge in [0.2, 0.25) is 11.8 Å². The second kappa shape index (κ2) is 8.91. The summed E-state index contributed by atoms with van der Waals surface area (Å²) in [6.07, 6.45) is -4.13. The summed E-state index contributed by atoms with van der Waals surface area (Å²) in [6, 6.07) is -0.631. The molecule has 1 unspecified atom stereocenters. The summed E-state index contributed by atoms with van der Waals surface area (Å²) in [6.45, 7) is 1.17. The van der Waals surface area contributed by atoms with Crippen molar-refractivity contribution in [1.82, 2.24) is 15.6 Å². The first-order chi connectivity index (χ1) is 9.77. The van der Waals surface area contributed by atoms with Crippen molar-refractivity contribution < 1.29 is 22.8 Å². The molecule has 1 heterocycles. The molecule has 0 spiro atoms. The Kier molecular flexibility index (Phi) is 8.35. The van der Waals surface area contributed by atoms with E-state index in [1.54, 1.807) is 6.92 Å². The van der Waals surface area contributed by atoms with Crippen molar-refractivity contribution in [2.75, 3.05) is 13.1 Å². The molecule has 0 bridgehead atoms. The number of nitrogens with zero attached hydrogens (tertiary/aromatic N) is 1. The molecule has 1 aromatic heterocycles. The lowest BCUT2D eigenvalue weighted by Crippen LogP contribution is -2.40. The van der Waals surface area contributed by atoms with Crippen LogP contribution in [0.3, 0.4) is 0 Å². The Morgan fingerprint density at radius 1 is 1.41 bits per heavy atom. The predicted molar refractivity (Wildman–Crippen MR) is 77.6 cm³/mol. The van der Waals surface area contributed by atoms with Gasteiger partial charge < -0.3 is 16.4 Å². The molecule has 1 aromatic rings. The maximum absolute atomic E-state index is 12.5. The number of thiazole rings is 1. The monoisotopic (exact) mass is 360 g/mol. The highest BCUT2D eigenvalue weighted by Crippen LogP contribution is 2.32. The topological polar surface area (TPSA) is 97.1 Å². The molecule has 4 N–H and O–H groups in total. The van der Waals surface area contributed by atoms with E-state index in [4.69, 9.17) is 5.73 Å². The Morgan fingerprint density at radius 2 is 2.05 bits per heavy atom. The van der Waals surface area contributed by atoms with Crippen LogP contribution in [-0.2, 0) is 15.8 Å². The largest absolute Gasteiger partial charge is 0.434 e. The lowest BCUT2D eigenvalue weighted by atomic mass is 10.2. The standard InChI is InChI=1S/C11H15F3N4O2S.ClH/c1-2-6(17-9(20)4-16-8(19)3-15)10-18-7(5-21-10)11(12,13)14;/h5-6H,2-4,15H2,1H3,(H,16,19)(H,17,20);1H. The number of aromatic nitrogens is 1. The number of nitrogens with one attached hydrogen (secondary N) is 2. The fourth-order valence-corrected chi connectivity index (χ4v) is 2.37. The van der Waals surface area contributed by atoms with Crippen molar-refractivity contribution in [3.05, 3.63) is 16.1 Å². The summed E-state index contributed by atoms with van der Waals surface area (Å²) in [5.74, 6) is -1.01. The number of hydrogen-bond donors (Lipinski definition) is 3. The van der Waals surface area contributed by atoms with E-state index >= 15 is 0 Å². The lowest BCUT2D eigenvalue weighted by Gasteiger charge is -2.14. The minimum absolute atomic E-state index is 0. The van der Waals surface area contributed by atoms with E-state index in [-0.39, 0.29) is 30.5 Å². The first kappa shape index (κ1) is 20.6. The predicted octanol–water partition coefficient (Wildman–Crippen LogP) is 1.23. The Bertz CT molecular complexity index is 510. The molecule has 0 fully saturated rings. The van der Waals surface area contributed by atoms with E-state index in [0.29, 0.717) is 6.42 Å². The molecule has 6 nitrogen and oxygen atoms in total. The normalized spacial score (nSPS) is 12.2. The van der Waals surface area contributed by atoms with Crippen LogP contribution in [0.4, 0.5) is 13.2 Å². The molecule has 0 aliphatic rings. The van der Waals surface area contributed by atoms with E-state index < -0.39 is 29.7 Å². The highest BCUT2D eigenvalue weighted by molar-refractivity contribution is 7.09. The second-order valence-corrected chi connectivity index (χ2v) is 4.97. The molecule has 0 aliphatic carbocycles. The number of nitrogens with two attached hydrogens (primary N) is 1. The second-order valence-electron chi connectivity index (χ2n) is 4.08. The van der Waals surface area contributed by atoms with Crippen LogP contribution in [0.25, 0.3) is 0 Å². The molecule has 1 atom stereocenters. The molecule has 22 heavy (non-hydrogen) atoms. The van der Waals surface area contributed by atoms with Gasteiger partial charge in [-0.25, -0.2) is 4.98 Å². The summed E-state index contributed by atoms with van der Waals surface area (Å²) in [7, 11) is 0. The SMILES string of the molecule is CCC(NC(=O)CNC(=O)CN)c1nc(C(F)(F)F)cs1.Cl.